The van der Waals surface area contributed by atoms with Gasteiger partial charge in [0.1, 0.15) is 0 Å². The molecular weight excluding hydrogens is 402 g/mol. The Balaban J connectivity index is 1.96. The number of nitro groups is 1. The fourth-order valence-electron chi connectivity index (χ4n) is 2.34. The van der Waals surface area contributed by atoms with Crippen LogP contribution in [0.3, 0.4) is 0 Å². The summed E-state index contributed by atoms with van der Waals surface area (Å²) in [6.07, 6.45) is 2.98. The van der Waals surface area contributed by atoms with Crippen LogP contribution in [0.4, 0.5) is 5.69 Å². The Bertz CT molecular complexity index is 1030. The van der Waals surface area contributed by atoms with Crippen molar-refractivity contribution in [2.24, 2.45) is 10.8 Å². The molecule has 0 amide bonds. The number of non-ortho nitro benzene ring substituents is 1. The largest absolute Gasteiger partial charge is 0.461 e. The van der Waals surface area contributed by atoms with E-state index in [1.54, 1.807) is 24.5 Å². The number of nitrogens with two attached hydrogens (primary N) is 1. The van der Waals surface area contributed by atoms with Crippen molar-refractivity contribution in [2.45, 2.75) is 23.5 Å². The van der Waals surface area contributed by atoms with Crippen LogP contribution in [0, 0.1) is 10.1 Å². The van der Waals surface area contributed by atoms with Crippen LogP contribution in [0.1, 0.15) is 12.5 Å². The van der Waals surface area contributed by atoms with Gasteiger partial charge in [0.2, 0.25) is 0 Å². The predicted octanol–water partition coefficient (Wildman–Crippen LogP) is 2.78. The number of nitro benzene ring substituents is 1. The first-order valence-corrected chi connectivity index (χ1v) is 9.24. The quantitative estimate of drug-likeness (QED) is 0.257. The van der Waals surface area contributed by atoms with Crippen molar-refractivity contribution in [3.05, 3.63) is 52.3 Å². The zero-order valence-corrected chi connectivity index (χ0v) is 16.2. The van der Waals surface area contributed by atoms with E-state index in [4.69, 9.17) is 22.4 Å². The second-order valence-electron chi connectivity index (χ2n) is 5.34. The smallest absolute Gasteiger partial charge is 0.270 e. The Morgan fingerprint density at radius 1 is 1.50 bits per heavy atom. The summed E-state index contributed by atoms with van der Waals surface area (Å²) in [5.74, 6) is 1.20. The van der Waals surface area contributed by atoms with Gasteiger partial charge in [0.05, 0.1) is 17.4 Å². The maximum atomic E-state index is 11.1. The first-order valence-electron chi connectivity index (χ1n) is 8.01. The Kier molecular flexibility index (Phi) is 6.01. The summed E-state index contributed by atoms with van der Waals surface area (Å²) >= 11 is 6.00. The van der Waals surface area contributed by atoms with Gasteiger partial charge < -0.3 is 10.2 Å². The van der Waals surface area contributed by atoms with Crippen LogP contribution in [-0.2, 0) is 6.54 Å². The zero-order valence-electron chi connectivity index (χ0n) is 14.6. The van der Waals surface area contributed by atoms with Crippen molar-refractivity contribution < 1.29 is 9.34 Å². The molecule has 0 aliphatic heterocycles. The van der Waals surface area contributed by atoms with Crippen LogP contribution in [0.25, 0.3) is 11.6 Å². The van der Waals surface area contributed by atoms with Gasteiger partial charge in [0, 0.05) is 29.1 Å². The fraction of sp³-hybridized carbons (Fsp3) is 0.125. The van der Waals surface area contributed by atoms with Crippen LogP contribution < -0.4 is 11.2 Å². The van der Waals surface area contributed by atoms with E-state index < -0.39 is 4.92 Å². The standard InChI is InChI=1S/C16H15N7O3S2/c1-2-22-14(12-4-3-7-26-12)19-21-16(22)28-13-6-5-11(23(24)25)8-10(13)9-18-20-15(17)27/h3-9H,2H2,1H3,(H3,17,20,27)/b18-9-. The predicted molar refractivity (Wildman–Crippen MR) is 108 cm³/mol. The molecule has 28 heavy (non-hydrogen) atoms. The number of hydrogen-bond donors (Lipinski definition) is 2. The van der Waals surface area contributed by atoms with Crippen LogP contribution in [-0.4, -0.2) is 31.0 Å². The summed E-state index contributed by atoms with van der Waals surface area (Å²) in [6.45, 7) is 2.58. The summed E-state index contributed by atoms with van der Waals surface area (Å²) < 4.78 is 7.29. The number of nitrogens with zero attached hydrogens (tertiary/aromatic N) is 5. The van der Waals surface area contributed by atoms with Crippen LogP contribution in [0.15, 0.2) is 56.2 Å². The molecule has 0 unspecified atom stereocenters. The first-order chi connectivity index (χ1) is 13.5. The summed E-state index contributed by atoms with van der Waals surface area (Å²) in [4.78, 5) is 11.3. The number of aromatic nitrogens is 3. The van der Waals surface area contributed by atoms with Gasteiger partial charge in [-0.25, -0.2) is 0 Å². The second kappa shape index (κ2) is 8.63. The fourth-order valence-corrected chi connectivity index (χ4v) is 3.37. The van der Waals surface area contributed by atoms with Crippen molar-refractivity contribution in [3.63, 3.8) is 0 Å². The normalized spacial score (nSPS) is 11.0. The van der Waals surface area contributed by atoms with Crippen molar-refractivity contribution >= 4 is 41.0 Å². The Morgan fingerprint density at radius 2 is 2.32 bits per heavy atom. The number of hydrogen-bond acceptors (Lipinski definition) is 8. The van der Waals surface area contributed by atoms with Gasteiger partial charge >= 0.3 is 0 Å². The molecule has 0 atom stereocenters. The number of benzene rings is 1. The molecule has 0 aliphatic carbocycles. The van der Waals surface area contributed by atoms with Gasteiger partial charge in [-0.2, -0.15) is 5.10 Å². The van der Waals surface area contributed by atoms with Crippen molar-refractivity contribution in [2.75, 3.05) is 0 Å². The molecule has 0 saturated carbocycles. The molecule has 3 N–H and O–H groups in total. The maximum Gasteiger partial charge on any atom is 0.270 e. The SMILES string of the molecule is CCn1c(Sc2ccc([N+](=O)[O-])cc2/C=N\NC(N)=S)nnc1-c1ccco1. The highest BCUT2D eigenvalue weighted by atomic mass is 32.2. The summed E-state index contributed by atoms with van der Waals surface area (Å²) in [5.41, 5.74) is 8.23. The lowest BCUT2D eigenvalue weighted by Gasteiger charge is -2.08. The third kappa shape index (κ3) is 4.35. The van der Waals surface area contributed by atoms with E-state index in [9.17, 15) is 10.1 Å². The Hall–Kier alpha value is -3.25. The minimum absolute atomic E-state index is 0.00954. The van der Waals surface area contributed by atoms with E-state index in [1.165, 1.54) is 30.1 Å². The van der Waals surface area contributed by atoms with E-state index in [0.717, 1.165) is 0 Å². The van der Waals surface area contributed by atoms with Gasteiger partial charge in [0.25, 0.3) is 5.69 Å². The lowest BCUT2D eigenvalue weighted by molar-refractivity contribution is -0.384. The van der Waals surface area contributed by atoms with E-state index >= 15 is 0 Å². The van der Waals surface area contributed by atoms with Gasteiger partial charge in [-0.05, 0) is 49.1 Å². The average Bonchev–Trinajstić information content (AvgIpc) is 3.31. The summed E-state index contributed by atoms with van der Waals surface area (Å²) in [6, 6.07) is 8.03. The molecule has 2 aromatic heterocycles. The third-order valence-electron chi connectivity index (χ3n) is 3.56. The monoisotopic (exact) mass is 417 g/mol. The average molecular weight is 417 g/mol. The van der Waals surface area contributed by atoms with Gasteiger partial charge in [0.15, 0.2) is 21.9 Å². The molecule has 3 aromatic rings. The molecule has 0 aliphatic rings. The van der Waals surface area contributed by atoms with Crippen molar-refractivity contribution in [1.29, 1.82) is 0 Å². The summed E-state index contributed by atoms with van der Waals surface area (Å²) in [5, 5.41) is 24.0. The minimum Gasteiger partial charge on any atom is -0.461 e. The molecule has 10 nitrogen and oxygen atoms in total. The van der Waals surface area contributed by atoms with Crippen LogP contribution in [0.5, 0.6) is 0 Å². The van der Waals surface area contributed by atoms with Crippen LogP contribution in [0.2, 0.25) is 0 Å². The topological polar surface area (TPSA) is 137 Å². The molecule has 3 rings (SSSR count). The third-order valence-corrected chi connectivity index (χ3v) is 4.73. The molecule has 2 heterocycles. The lowest BCUT2D eigenvalue weighted by atomic mass is 10.2. The van der Waals surface area contributed by atoms with Gasteiger partial charge in [-0.15, -0.1) is 10.2 Å². The van der Waals surface area contributed by atoms with E-state index in [1.807, 2.05) is 11.5 Å². The van der Waals surface area contributed by atoms with Crippen molar-refractivity contribution in [1.82, 2.24) is 20.2 Å². The number of thiocarbonyl (C=S) groups is 1. The van der Waals surface area contributed by atoms with Crippen LogP contribution >= 0.6 is 24.0 Å². The molecule has 0 bridgehead atoms. The van der Waals surface area contributed by atoms with E-state index in [-0.39, 0.29) is 10.8 Å². The number of rotatable bonds is 7. The molecule has 0 radical (unpaired) electrons. The highest BCUT2D eigenvalue weighted by molar-refractivity contribution is 7.99. The molecule has 144 valence electrons. The van der Waals surface area contributed by atoms with Gasteiger partial charge in [-0.3, -0.25) is 20.1 Å². The molecule has 0 fully saturated rings. The molecule has 1 aromatic carbocycles. The lowest BCUT2D eigenvalue weighted by Crippen LogP contribution is -2.24. The molecular formula is C16H15N7O3S2. The summed E-state index contributed by atoms with van der Waals surface area (Å²) in [7, 11) is 0. The zero-order chi connectivity index (χ0) is 20.1. The molecule has 0 saturated heterocycles. The minimum atomic E-state index is -0.476. The number of furan rings is 1. The number of hydrazone groups is 1. The van der Waals surface area contributed by atoms with E-state index in [0.29, 0.717) is 33.7 Å². The Morgan fingerprint density at radius 3 is 2.96 bits per heavy atom. The molecule has 0 spiro atoms. The highest BCUT2D eigenvalue weighted by Gasteiger charge is 2.18. The van der Waals surface area contributed by atoms with E-state index in [2.05, 4.69) is 20.7 Å². The van der Waals surface area contributed by atoms with Gasteiger partial charge in [-0.1, -0.05) is 0 Å². The maximum absolute atomic E-state index is 11.1. The second-order valence-corrected chi connectivity index (χ2v) is 6.79. The first kappa shape index (κ1) is 19.5. The van der Waals surface area contributed by atoms with Crippen molar-refractivity contribution in [3.8, 4) is 11.6 Å². The Labute approximate surface area is 169 Å². The number of nitrogens with one attached hydrogen (secondary N) is 1. The molecule has 12 heteroatoms. The highest BCUT2D eigenvalue weighted by Crippen LogP contribution is 2.33.